The Bertz CT molecular complexity index is 702. The summed E-state index contributed by atoms with van der Waals surface area (Å²) in [5.74, 6) is -0.305. The van der Waals surface area contributed by atoms with E-state index in [1.807, 2.05) is 6.07 Å². The second-order valence-electron chi connectivity index (χ2n) is 5.56. The number of piperazine rings is 1. The fourth-order valence-electron chi connectivity index (χ4n) is 2.49. The first-order valence-corrected chi connectivity index (χ1v) is 7.63. The highest BCUT2D eigenvalue weighted by Crippen LogP contribution is 2.16. The molecule has 24 heavy (non-hydrogen) atoms. The molecule has 0 unspecified atom stereocenters. The number of carbonyl (C=O) groups excluding carboxylic acids is 1. The minimum absolute atomic E-state index is 0. The van der Waals surface area contributed by atoms with Crippen LogP contribution in [0, 0.1) is 12.7 Å². The summed E-state index contributed by atoms with van der Waals surface area (Å²) < 4.78 is 13.5. The van der Waals surface area contributed by atoms with Crippen LogP contribution in [0.1, 0.15) is 15.9 Å². The zero-order chi connectivity index (χ0) is 16.2. The molecule has 2 aromatic rings. The third-order valence-electron chi connectivity index (χ3n) is 3.91. The van der Waals surface area contributed by atoms with Gasteiger partial charge in [-0.25, -0.2) is 9.37 Å². The first-order valence-electron chi connectivity index (χ1n) is 7.63. The molecule has 0 atom stereocenters. The number of halogens is 2. The number of aromatic nitrogens is 1. The highest BCUT2D eigenvalue weighted by Gasteiger charge is 2.12. The van der Waals surface area contributed by atoms with Gasteiger partial charge in [-0.1, -0.05) is 6.07 Å². The van der Waals surface area contributed by atoms with E-state index in [0.717, 1.165) is 31.9 Å². The van der Waals surface area contributed by atoms with Crippen molar-refractivity contribution in [3.8, 4) is 0 Å². The number of rotatable bonds is 3. The smallest absolute Gasteiger partial charge is 0.256 e. The van der Waals surface area contributed by atoms with Crippen LogP contribution < -0.4 is 15.5 Å². The average Bonchev–Trinajstić information content (AvgIpc) is 2.59. The minimum Gasteiger partial charge on any atom is -0.368 e. The summed E-state index contributed by atoms with van der Waals surface area (Å²) in [5, 5.41) is 5.99. The number of nitrogens with zero attached hydrogens (tertiary/aromatic N) is 2. The zero-order valence-corrected chi connectivity index (χ0v) is 14.2. The summed E-state index contributed by atoms with van der Waals surface area (Å²) >= 11 is 0. The standard InChI is InChI=1S/C17H19FN4O.ClH/c1-12-2-3-13(10-15(12)18)17(23)21-16-5-4-14(11-20-16)22-8-6-19-7-9-22;/h2-5,10-11,19H,6-9H2,1H3,(H,20,21,23);1H. The fourth-order valence-corrected chi connectivity index (χ4v) is 2.49. The van der Waals surface area contributed by atoms with Gasteiger partial charge >= 0.3 is 0 Å². The van der Waals surface area contributed by atoms with Crippen LogP contribution in [0.3, 0.4) is 0 Å². The van der Waals surface area contributed by atoms with Gasteiger partial charge < -0.3 is 15.5 Å². The molecule has 1 aliphatic rings. The first-order chi connectivity index (χ1) is 11.1. The summed E-state index contributed by atoms with van der Waals surface area (Å²) in [4.78, 5) is 18.6. The van der Waals surface area contributed by atoms with E-state index in [0.29, 0.717) is 11.4 Å². The van der Waals surface area contributed by atoms with Crippen molar-refractivity contribution in [2.75, 3.05) is 36.4 Å². The van der Waals surface area contributed by atoms with E-state index in [-0.39, 0.29) is 29.7 Å². The quantitative estimate of drug-likeness (QED) is 0.893. The Morgan fingerprint density at radius 3 is 2.62 bits per heavy atom. The van der Waals surface area contributed by atoms with Crippen LogP contribution in [0.15, 0.2) is 36.5 Å². The first kappa shape index (κ1) is 18.2. The molecule has 128 valence electrons. The molecular weight excluding hydrogens is 331 g/mol. The zero-order valence-electron chi connectivity index (χ0n) is 13.4. The number of hydrogen-bond acceptors (Lipinski definition) is 4. The lowest BCUT2D eigenvalue weighted by Gasteiger charge is -2.29. The van der Waals surface area contributed by atoms with Gasteiger partial charge in [0.05, 0.1) is 11.9 Å². The van der Waals surface area contributed by atoms with Crippen LogP contribution in [0.4, 0.5) is 15.9 Å². The van der Waals surface area contributed by atoms with Gasteiger partial charge in [0.15, 0.2) is 0 Å². The Kier molecular flexibility index (Phi) is 6.11. The molecule has 1 saturated heterocycles. The highest BCUT2D eigenvalue weighted by atomic mass is 35.5. The molecule has 1 fully saturated rings. The molecule has 3 rings (SSSR count). The van der Waals surface area contributed by atoms with Crippen molar-refractivity contribution in [2.45, 2.75) is 6.92 Å². The van der Waals surface area contributed by atoms with Crippen LogP contribution in [-0.4, -0.2) is 37.1 Å². The molecule has 0 saturated carbocycles. The summed E-state index contributed by atoms with van der Waals surface area (Å²) in [6.45, 7) is 5.45. The molecule has 0 aliphatic carbocycles. The molecule has 1 aromatic heterocycles. The summed E-state index contributed by atoms with van der Waals surface area (Å²) in [6, 6.07) is 8.12. The van der Waals surface area contributed by atoms with Crippen molar-refractivity contribution in [2.24, 2.45) is 0 Å². The van der Waals surface area contributed by atoms with Crippen LogP contribution in [0.5, 0.6) is 0 Å². The van der Waals surface area contributed by atoms with Gasteiger partial charge in [-0.2, -0.15) is 0 Å². The number of anilines is 2. The molecule has 0 spiro atoms. The lowest BCUT2D eigenvalue weighted by Crippen LogP contribution is -2.43. The van der Waals surface area contributed by atoms with E-state index in [9.17, 15) is 9.18 Å². The predicted molar refractivity (Wildman–Crippen MR) is 95.7 cm³/mol. The number of benzene rings is 1. The Balaban J connectivity index is 0.00000208. The van der Waals surface area contributed by atoms with E-state index < -0.39 is 0 Å². The highest BCUT2D eigenvalue weighted by molar-refractivity contribution is 6.03. The molecule has 0 radical (unpaired) electrons. The minimum atomic E-state index is -0.389. The van der Waals surface area contributed by atoms with Crippen LogP contribution >= 0.6 is 12.4 Å². The molecule has 2 heterocycles. The number of carbonyl (C=O) groups is 1. The SMILES string of the molecule is Cc1ccc(C(=O)Nc2ccc(N3CCNCC3)cn2)cc1F.Cl. The molecule has 1 aliphatic heterocycles. The average molecular weight is 351 g/mol. The summed E-state index contributed by atoms with van der Waals surface area (Å²) in [5.41, 5.74) is 1.83. The van der Waals surface area contributed by atoms with Gasteiger partial charge in [0, 0.05) is 31.7 Å². The van der Waals surface area contributed by atoms with Gasteiger partial charge in [0.1, 0.15) is 11.6 Å². The summed E-state index contributed by atoms with van der Waals surface area (Å²) in [7, 11) is 0. The van der Waals surface area contributed by atoms with Crippen LogP contribution in [-0.2, 0) is 0 Å². The Morgan fingerprint density at radius 2 is 2.00 bits per heavy atom. The van der Waals surface area contributed by atoms with Gasteiger partial charge in [-0.15, -0.1) is 12.4 Å². The second-order valence-corrected chi connectivity index (χ2v) is 5.56. The third-order valence-corrected chi connectivity index (χ3v) is 3.91. The molecular formula is C17H20ClFN4O. The molecule has 0 bridgehead atoms. The topological polar surface area (TPSA) is 57.3 Å². The van der Waals surface area contributed by atoms with Crippen molar-refractivity contribution in [3.05, 3.63) is 53.5 Å². The van der Waals surface area contributed by atoms with Gasteiger partial charge in [-0.05, 0) is 36.8 Å². The van der Waals surface area contributed by atoms with E-state index in [2.05, 4.69) is 20.5 Å². The van der Waals surface area contributed by atoms with Gasteiger partial charge in [0.2, 0.25) is 0 Å². The number of aryl methyl sites for hydroxylation is 1. The molecule has 7 heteroatoms. The third kappa shape index (κ3) is 4.21. The van der Waals surface area contributed by atoms with Crippen molar-refractivity contribution < 1.29 is 9.18 Å². The Labute approximate surface area is 146 Å². The molecule has 1 amide bonds. The van der Waals surface area contributed by atoms with Gasteiger partial charge in [0.25, 0.3) is 5.91 Å². The van der Waals surface area contributed by atoms with E-state index >= 15 is 0 Å². The number of amides is 1. The second kappa shape index (κ2) is 8.08. The molecule has 2 N–H and O–H groups in total. The number of nitrogens with one attached hydrogen (secondary N) is 2. The van der Waals surface area contributed by atoms with Crippen LogP contribution in [0.25, 0.3) is 0 Å². The lowest BCUT2D eigenvalue weighted by atomic mass is 10.1. The summed E-state index contributed by atoms with van der Waals surface area (Å²) in [6.07, 6.45) is 1.75. The van der Waals surface area contributed by atoms with Gasteiger partial charge in [-0.3, -0.25) is 4.79 Å². The number of hydrogen-bond donors (Lipinski definition) is 2. The Hall–Kier alpha value is -2.18. The Morgan fingerprint density at radius 1 is 1.25 bits per heavy atom. The maximum atomic E-state index is 13.5. The van der Waals surface area contributed by atoms with E-state index in [4.69, 9.17) is 0 Å². The molecule has 5 nitrogen and oxygen atoms in total. The van der Waals surface area contributed by atoms with Crippen molar-refractivity contribution >= 4 is 29.8 Å². The molecule has 1 aromatic carbocycles. The maximum Gasteiger partial charge on any atom is 0.256 e. The van der Waals surface area contributed by atoms with E-state index in [1.165, 1.54) is 6.07 Å². The van der Waals surface area contributed by atoms with E-state index in [1.54, 1.807) is 31.3 Å². The largest absolute Gasteiger partial charge is 0.368 e. The lowest BCUT2D eigenvalue weighted by molar-refractivity contribution is 0.102. The van der Waals surface area contributed by atoms with Crippen LogP contribution in [0.2, 0.25) is 0 Å². The normalized spacial score (nSPS) is 14.0. The predicted octanol–water partition coefficient (Wildman–Crippen LogP) is 2.61. The van der Waals surface area contributed by atoms with Crippen molar-refractivity contribution in [1.29, 1.82) is 0 Å². The maximum absolute atomic E-state index is 13.5. The van der Waals surface area contributed by atoms with Crippen molar-refractivity contribution in [3.63, 3.8) is 0 Å². The monoisotopic (exact) mass is 350 g/mol. The fraction of sp³-hybridized carbons (Fsp3) is 0.294. The van der Waals surface area contributed by atoms with Crippen molar-refractivity contribution in [1.82, 2.24) is 10.3 Å². The number of pyridine rings is 1.